The molecular weight excluding hydrogens is 401 g/mol. The predicted octanol–water partition coefficient (Wildman–Crippen LogP) is 2.51. The van der Waals surface area contributed by atoms with Crippen molar-refractivity contribution in [3.63, 3.8) is 0 Å². The van der Waals surface area contributed by atoms with Crippen molar-refractivity contribution in [1.29, 1.82) is 0 Å². The van der Waals surface area contributed by atoms with Gasteiger partial charge >= 0.3 is 6.18 Å². The quantitative estimate of drug-likeness (QED) is 0.783. The Morgan fingerprint density at radius 3 is 2.67 bits per heavy atom. The third kappa shape index (κ3) is 3.85. The Labute approximate surface area is 171 Å². The van der Waals surface area contributed by atoms with Crippen molar-refractivity contribution in [2.24, 2.45) is 0 Å². The van der Waals surface area contributed by atoms with Crippen molar-refractivity contribution in [2.75, 3.05) is 29.9 Å². The van der Waals surface area contributed by atoms with E-state index in [1.165, 1.54) is 10.9 Å². The molecular formula is C19H23F3N6O2. The maximum atomic E-state index is 13.1. The minimum Gasteiger partial charge on any atom is -0.395 e. The summed E-state index contributed by atoms with van der Waals surface area (Å²) < 4.78 is 40.7. The number of aliphatic hydroxyl groups is 1. The van der Waals surface area contributed by atoms with Gasteiger partial charge in [-0.3, -0.25) is 4.79 Å². The Bertz CT molecular complexity index is 937. The van der Waals surface area contributed by atoms with E-state index in [9.17, 15) is 23.1 Å². The topological polar surface area (TPSA) is 96.2 Å². The number of anilines is 2. The molecule has 4 rings (SSSR count). The van der Waals surface area contributed by atoms with Gasteiger partial charge in [0.1, 0.15) is 23.8 Å². The molecule has 2 aromatic rings. The lowest BCUT2D eigenvalue weighted by molar-refractivity contribution is -0.141. The van der Waals surface area contributed by atoms with Crippen molar-refractivity contribution in [1.82, 2.24) is 19.5 Å². The number of piperidine rings is 1. The summed E-state index contributed by atoms with van der Waals surface area (Å²) in [5.74, 6) is 1.43. The van der Waals surface area contributed by atoms with Crippen molar-refractivity contribution < 1.29 is 23.1 Å². The maximum Gasteiger partial charge on any atom is 0.434 e. The number of nitrogens with one attached hydrogen (secondary N) is 1. The smallest absolute Gasteiger partial charge is 0.395 e. The fourth-order valence-corrected chi connectivity index (χ4v) is 4.28. The molecule has 2 aromatic heterocycles. The largest absolute Gasteiger partial charge is 0.434 e. The van der Waals surface area contributed by atoms with Gasteiger partial charge in [-0.1, -0.05) is 6.92 Å². The molecule has 0 aromatic carbocycles. The van der Waals surface area contributed by atoms with Crippen LogP contribution >= 0.6 is 0 Å². The van der Waals surface area contributed by atoms with E-state index in [1.54, 1.807) is 0 Å². The number of imidazole rings is 1. The molecule has 2 aliphatic heterocycles. The van der Waals surface area contributed by atoms with E-state index in [2.05, 4.69) is 25.2 Å². The van der Waals surface area contributed by atoms with Crippen LogP contribution in [0.25, 0.3) is 0 Å². The first-order chi connectivity index (χ1) is 14.3. The van der Waals surface area contributed by atoms with Crippen molar-refractivity contribution >= 4 is 17.5 Å². The van der Waals surface area contributed by atoms with E-state index in [4.69, 9.17) is 0 Å². The van der Waals surface area contributed by atoms with E-state index >= 15 is 0 Å². The Kier molecular flexibility index (Phi) is 5.39. The highest BCUT2D eigenvalue weighted by Crippen LogP contribution is 2.39. The average Bonchev–Trinajstić information content (AvgIpc) is 3.12. The number of hydrogen-bond donors (Lipinski definition) is 2. The third-order valence-electron chi connectivity index (χ3n) is 5.70. The molecule has 1 fully saturated rings. The summed E-state index contributed by atoms with van der Waals surface area (Å²) in [6.45, 7) is 2.98. The van der Waals surface area contributed by atoms with Crippen LogP contribution in [-0.2, 0) is 17.5 Å². The molecule has 4 heterocycles. The first-order valence-corrected chi connectivity index (χ1v) is 9.92. The summed E-state index contributed by atoms with van der Waals surface area (Å²) in [7, 11) is 0. The Balaban J connectivity index is 1.54. The molecule has 0 saturated carbocycles. The molecule has 8 nitrogen and oxygen atoms in total. The van der Waals surface area contributed by atoms with Crippen LogP contribution < -0.4 is 10.2 Å². The second kappa shape index (κ2) is 7.86. The number of fused-ring (bicyclic) bond motifs is 1. The van der Waals surface area contributed by atoms with Gasteiger partial charge in [-0.15, -0.1) is 0 Å². The van der Waals surface area contributed by atoms with Crippen LogP contribution in [0.5, 0.6) is 0 Å². The minimum atomic E-state index is -4.52. The van der Waals surface area contributed by atoms with Gasteiger partial charge in [-0.25, -0.2) is 15.0 Å². The van der Waals surface area contributed by atoms with Crippen LogP contribution in [0.4, 0.5) is 24.8 Å². The van der Waals surface area contributed by atoms with E-state index < -0.39 is 11.9 Å². The van der Waals surface area contributed by atoms with Crippen molar-refractivity contribution in [3.05, 3.63) is 29.6 Å². The Morgan fingerprint density at radius 2 is 2.00 bits per heavy atom. The van der Waals surface area contributed by atoms with Gasteiger partial charge < -0.3 is 19.9 Å². The molecule has 1 unspecified atom stereocenters. The normalized spacial score (nSPS) is 20.2. The van der Waals surface area contributed by atoms with Crippen LogP contribution in [0, 0.1) is 0 Å². The maximum absolute atomic E-state index is 13.1. The molecule has 1 amide bonds. The van der Waals surface area contributed by atoms with Crippen LogP contribution in [0.2, 0.25) is 0 Å². The fraction of sp³-hybridized carbons (Fsp3) is 0.579. The van der Waals surface area contributed by atoms with Crippen LogP contribution in [0.1, 0.15) is 55.1 Å². The lowest BCUT2D eigenvalue weighted by Crippen LogP contribution is -2.36. The first-order valence-electron chi connectivity index (χ1n) is 9.92. The number of carbonyl (C=O) groups excluding carboxylic acids is 1. The highest BCUT2D eigenvalue weighted by molar-refractivity contribution is 5.94. The second-order valence-electron chi connectivity index (χ2n) is 7.77. The summed E-state index contributed by atoms with van der Waals surface area (Å²) in [5, 5.41) is 12.0. The van der Waals surface area contributed by atoms with Crippen LogP contribution in [0.3, 0.4) is 0 Å². The number of carbonyl (C=O) groups is 1. The standard InChI is InChI=1S/C19H23F3N6O2/c1-11-8-14(30)26-16-15(11)18(24-10-23-16)27-4-2-12(3-5-27)17-25-13(19(20,21)22)9-28(17)6-7-29/h9-12,29H,2-8H2,1H3,(H,23,24,26,30). The van der Waals surface area contributed by atoms with E-state index in [-0.39, 0.29) is 30.9 Å². The monoisotopic (exact) mass is 424 g/mol. The predicted molar refractivity (Wildman–Crippen MR) is 102 cm³/mol. The SMILES string of the molecule is CC1CC(=O)Nc2ncnc(N3CCC(c4nc(C(F)(F)F)cn4CCO)CC3)c21. The van der Waals surface area contributed by atoms with Crippen LogP contribution in [0.15, 0.2) is 12.5 Å². The van der Waals surface area contributed by atoms with Gasteiger partial charge in [0.2, 0.25) is 5.91 Å². The third-order valence-corrected chi connectivity index (χ3v) is 5.70. The highest BCUT2D eigenvalue weighted by Gasteiger charge is 2.37. The molecule has 1 atom stereocenters. The van der Waals surface area contributed by atoms with Gasteiger partial charge in [0.05, 0.1) is 6.61 Å². The molecule has 0 bridgehead atoms. The number of amides is 1. The molecule has 0 radical (unpaired) electrons. The summed E-state index contributed by atoms with van der Waals surface area (Å²) >= 11 is 0. The number of hydrogen-bond acceptors (Lipinski definition) is 6. The summed E-state index contributed by atoms with van der Waals surface area (Å²) in [4.78, 5) is 26.3. The van der Waals surface area contributed by atoms with Gasteiger partial charge in [-0.2, -0.15) is 13.2 Å². The van der Waals surface area contributed by atoms with E-state index in [1.807, 2.05) is 6.92 Å². The van der Waals surface area contributed by atoms with E-state index in [0.717, 1.165) is 17.6 Å². The van der Waals surface area contributed by atoms with E-state index in [0.29, 0.717) is 44.0 Å². The number of aromatic nitrogens is 4. The summed E-state index contributed by atoms with van der Waals surface area (Å²) in [5.41, 5.74) is -0.0282. The second-order valence-corrected chi connectivity index (χ2v) is 7.77. The van der Waals surface area contributed by atoms with Gasteiger partial charge in [0.25, 0.3) is 0 Å². The minimum absolute atomic E-state index is 0.0135. The van der Waals surface area contributed by atoms with Gasteiger partial charge in [-0.05, 0) is 18.8 Å². The lowest BCUT2D eigenvalue weighted by atomic mass is 9.92. The Morgan fingerprint density at radius 1 is 1.27 bits per heavy atom. The number of nitrogens with zero attached hydrogens (tertiary/aromatic N) is 5. The zero-order valence-electron chi connectivity index (χ0n) is 16.5. The molecule has 0 spiro atoms. The number of alkyl halides is 3. The molecule has 0 aliphatic carbocycles. The lowest BCUT2D eigenvalue weighted by Gasteiger charge is -2.35. The molecule has 1 saturated heterocycles. The zero-order chi connectivity index (χ0) is 21.5. The molecule has 2 aliphatic rings. The molecule has 30 heavy (non-hydrogen) atoms. The fourth-order valence-electron chi connectivity index (χ4n) is 4.28. The summed E-state index contributed by atoms with van der Waals surface area (Å²) in [6, 6.07) is 0. The molecule has 11 heteroatoms. The number of halogens is 3. The summed E-state index contributed by atoms with van der Waals surface area (Å²) in [6.07, 6.45) is -0.539. The van der Waals surface area contributed by atoms with Gasteiger partial charge in [0, 0.05) is 43.7 Å². The van der Waals surface area contributed by atoms with Crippen LogP contribution in [-0.4, -0.2) is 50.2 Å². The first kappa shape index (κ1) is 20.6. The average molecular weight is 424 g/mol. The van der Waals surface area contributed by atoms with Gasteiger partial charge in [0.15, 0.2) is 5.69 Å². The van der Waals surface area contributed by atoms with Crippen molar-refractivity contribution in [3.8, 4) is 0 Å². The number of rotatable bonds is 4. The Hall–Kier alpha value is -2.69. The zero-order valence-corrected chi connectivity index (χ0v) is 16.5. The number of aliphatic hydroxyl groups excluding tert-OH is 1. The molecule has 2 N–H and O–H groups in total. The van der Waals surface area contributed by atoms with Crippen molar-refractivity contribution in [2.45, 2.75) is 50.7 Å². The molecule has 162 valence electrons. The highest BCUT2D eigenvalue weighted by atomic mass is 19.4.